The van der Waals surface area contributed by atoms with Crippen molar-refractivity contribution in [3.63, 3.8) is 0 Å². The summed E-state index contributed by atoms with van der Waals surface area (Å²) in [5.74, 6) is -2.19. The van der Waals surface area contributed by atoms with Gasteiger partial charge in [0.25, 0.3) is 0 Å². The first-order chi connectivity index (χ1) is 20.2. The van der Waals surface area contributed by atoms with Crippen LogP contribution in [0.4, 0.5) is 13.6 Å². The quantitative estimate of drug-likeness (QED) is 0.447. The number of nitrogens with one attached hydrogen (secondary N) is 1. The number of amides is 4. The van der Waals surface area contributed by atoms with Crippen molar-refractivity contribution in [3.8, 4) is 5.75 Å². The molecule has 0 radical (unpaired) electrons. The average Bonchev–Trinajstić information content (AvgIpc) is 2.97. The maximum atomic E-state index is 14.8. The maximum Gasteiger partial charge on any atom is 0.334 e. The minimum Gasteiger partial charge on any atom is -0.508 e. The van der Waals surface area contributed by atoms with E-state index in [1.165, 1.54) is 38.0 Å². The predicted octanol–water partition coefficient (Wildman–Crippen LogP) is 3.63. The summed E-state index contributed by atoms with van der Waals surface area (Å²) < 4.78 is 28.5. The Balaban J connectivity index is 1.54. The van der Waals surface area contributed by atoms with Crippen LogP contribution in [0, 0.1) is 11.6 Å². The molecule has 0 aliphatic carbocycles. The van der Waals surface area contributed by atoms with Crippen molar-refractivity contribution >= 4 is 17.8 Å². The molecule has 2 fully saturated rings. The Hall–Kier alpha value is -4.51. The summed E-state index contributed by atoms with van der Waals surface area (Å²) in [6.07, 6.45) is -0.422. The highest BCUT2D eigenvalue weighted by Gasteiger charge is 2.55. The van der Waals surface area contributed by atoms with Gasteiger partial charge in [-0.25, -0.2) is 23.6 Å². The van der Waals surface area contributed by atoms with Crippen LogP contribution in [0.5, 0.6) is 5.75 Å². The second-order valence-electron chi connectivity index (χ2n) is 10.6. The molecule has 2 aliphatic heterocycles. The molecule has 0 bridgehead atoms. The van der Waals surface area contributed by atoms with Crippen molar-refractivity contribution in [2.45, 2.75) is 51.1 Å². The smallest absolute Gasteiger partial charge is 0.334 e. The van der Waals surface area contributed by atoms with Gasteiger partial charge >= 0.3 is 6.03 Å². The first kappa shape index (κ1) is 29.0. The Morgan fingerprint density at radius 2 is 1.71 bits per heavy atom. The third-order valence-corrected chi connectivity index (χ3v) is 7.84. The number of hydrogen-bond donors (Lipinski definition) is 2. The normalized spacial score (nSPS) is 21.0. The van der Waals surface area contributed by atoms with E-state index in [4.69, 9.17) is 0 Å². The lowest BCUT2D eigenvalue weighted by Gasteiger charge is -2.58. The van der Waals surface area contributed by atoms with Gasteiger partial charge in [-0.3, -0.25) is 9.59 Å². The Bertz CT molecular complexity index is 1460. The summed E-state index contributed by atoms with van der Waals surface area (Å²) in [6, 6.07) is 16.8. The van der Waals surface area contributed by atoms with E-state index in [9.17, 15) is 28.3 Å². The number of carbonyl (C=O) groups excluding carboxylic acids is 3. The fraction of sp³-hybridized carbons (Fsp3) is 0.323. The van der Waals surface area contributed by atoms with Gasteiger partial charge < -0.3 is 20.2 Å². The van der Waals surface area contributed by atoms with Crippen molar-refractivity contribution < 1.29 is 28.3 Å². The second-order valence-corrected chi connectivity index (χ2v) is 10.6. The molecule has 3 aromatic carbocycles. The zero-order valence-electron chi connectivity index (χ0n) is 23.4. The molecule has 2 saturated heterocycles. The van der Waals surface area contributed by atoms with Gasteiger partial charge in [-0.2, -0.15) is 0 Å². The third kappa shape index (κ3) is 5.78. The molecule has 2 heterocycles. The van der Waals surface area contributed by atoms with Gasteiger partial charge in [-0.15, -0.1) is 0 Å². The van der Waals surface area contributed by atoms with Crippen molar-refractivity contribution in [1.29, 1.82) is 0 Å². The highest BCUT2D eigenvalue weighted by molar-refractivity contribution is 5.92. The van der Waals surface area contributed by atoms with E-state index in [-0.39, 0.29) is 43.3 Å². The monoisotopic (exact) mass is 577 g/mol. The van der Waals surface area contributed by atoms with E-state index in [0.29, 0.717) is 12.0 Å². The van der Waals surface area contributed by atoms with E-state index in [0.717, 1.165) is 17.7 Å². The zero-order valence-corrected chi connectivity index (χ0v) is 23.4. The fourth-order valence-corrected chi connectivity index (χ4v) is 5.79. The highest BCUT2D eigenvalue weighted by Crippen LogP contribution is 2.34. The Morgan fingerprint density at radius 1 is 1.00 bits per heavy atom. The molecule has 3 atom stereocenters. The van der Waals surface area contributed by atoms with Crippen LogP contribution in [0.1, 0.15) is 30.0 Å². The number of likely N-dealkylation sites (N-methyl/N-ethyl adjacent to an activating group) is 1. The lowest BCUT2D eigenvalue weighted by atomic mass is 9.93. The van der Waals surface area contributed by atoms with Crippen molar-refractivity contribution in [1.82, 2.24) is 25.1 Å². The van der Waals surface area contributed by atoms with Crippen LogP contribution in [0.25, 0.3) is 0 Å². The summed E-state index contributed by atoms with van der Waals surface area (Å²) in [5, 5.41) is 15.7. The fourth-order valence-electron chi connectivity index (χ4n) is 5.79. The third-order valence-electron chi connectivity index (χ3n) is 7.84. The van der Waals surface area contributed by atoms with E-state index >= 15 is 0 Å². The largest absolute Gasteiger partial charge is 0.508 e. The Morgan fingerprint density at radius 3 is 2.38 bits per heavy atom. The van der Waals surface area contributed by atoms with Crippen LogP contribution in [0.15, 0.2) is 72.8 Å². The van der Waals surface area contributed by atoms with Gasteiger partial charge in [0.05, 0.1) is 12.6 Å². The molecule has 42 heavy (non-hydrogen) atoms. The van der Waals surface area contributed by atoms with E-state index < -0.39 is 41.8 Å². The first-order valence-corrected chi connectivity index (χ1v) is 13.8. The molecular formula is C31H33F2N5O4. The summed E-state index contributed by atoms with van der Waals surface area (Å²) in [5.41, 5.74) is 1.71. The van der Waals surface area contributed by atoms with Gasteiger partial charge in [0.2, 0.25) is 11.8 Å². The minimum absolute atomic E-state index is 0.0583. The SMILES string of the molecule is CC[C@H]1[C@H]2N(C(=O)CN(C)N2C(=O)NCc2ccccc2)[C@@H](Cc2ccc(O)cc2)C(=O)N1Cc1ccc(F)cc1F. The van der Waals surface area contributed by atoms with E-state index in [2.05, 4.69) is 5.32 Å². The number of phenols is 1. The van der Waals surface area contributed by atoms with Gasteiger partial charge in [-0.1, -0.05) is 55.5 Å². The second kappa shape index (κ2) is 12.2. The van der Waals surface area contributed by atoms with Gasteiger partial charge in [0.15, 0.2) is 0 Å². The summed E-state index contributed by atoms with van der Waals surface area (Å²) in [7, 11) is 1.64. The molecule has 3 aromatic rings. The van der Waals surface area contributed by atoms with Crippen LogP contribution in [0.2, 0.25) is 0 Å². The van der Waals surface area contributed by atoms with Gasteiger partial charge in [0, 0.05) is 38.2 Å². The van der Waals surface area contributed by atoms with E-state index in [1.54, 1.807) is 19.2 Å². The van der Waals surface area contributed by atoms with Crippen LogP contribution < -0.4 is 5.32 Å². The number of carbonyl (C=O) groups is 3. The molecule has 4 amide bonds. The number of phenolic OH excluding ortho intramolecular Hbond substituents is 1. The number of aromatic hydroxyl groups is 1. The van der Waals surface area contributed by atoms with Crippen molar-refractivity contribution in [2.24, 2.45) is 0 Å². The van der Waals surface area contributed by atoms with Crippen LogP contribution in [0.3, 0.4) is 0 Å². The first-order valence-electron chi connectivity index (χ1n) is 13.8. The Labute approximate surface area is 242 Å². The molecule has 220 valence electrons. The van der Waals surface area contributed by atoms with Gasteiger partial charge in [0.1, 0.15) is 29.6 Å². The summed E-state index contributed by atoms with van der Waals surface area (Å²) >= 11 is 0. The number of rotatable bonds is 7. The van der Waals surface area contributed by atoms with E-state index in [1.807, 2.05) is 37.3 Å². The lowest BCUT2D eigenvalue weighted by molar-refractivity contribution is -0.198. The number of halogens is 2. The summed E-state index contributed by atoms with van der Waals surface area (Å²) in [6.45, 7) is 1.79. The molecule has 0 saturated carbocycles. The standard InChI is InChI=1S/C31H33F2N5O4/c1-3-26-29-37(28(40)19-35(2)38(29)31(42)34-17-21-7-5-4-6-8-21)27(15-20-9-13-24(39)14-10-20)30(41)36(26)18-22-11-12-23(32)16-25(22)33/h4-14,16,26-27,29,39H,3,15,17-19H2,1-2H3,(H,34,42)/t26-,27-,29-/m0/s1. The number of nitrogens with zero attached hydrogens (tertiary/aromatic N) is 4. The van der Waals surface area contributed by atoms with Crippen LogP contribution >= 0.6 is 0 Å². The molecule has 2 aliphatic rings. The molecule has 2 N–H and O–H groups in total. The molecule has 9 nitrogen and oxygen atoms in total. The highest BCUT2D eigenvalue weighted by atomic mass is 19.1. The van der Waals surface area contributed by atoms with Gasteiger partial charge in [-0.05, 0) is 35.7 Å². The molecule has 0 unspecified atom stereocenters. The molecule has 0 aromatic heterocycles. The minimum atomic E-state index is -1.00. The number of hydrogen-bond acceptors (Lipinski definition) is 5. The maximum absolute atomic E-state index is 14.8. The topological polar surface area (TPSA) is 96.4 Å². The Kier molecular flexibility index (Phi) is 8.39. The number of urea groups is 1. The lowest BCUT2D eigenvalue weighted by Crippen LogP contribution is -2.79. The molecular weight excluding hydrogens is 544 g/mol. The average molecular weight is 578 g/mol. The molecule has 5 rings (SSSR count). The number of benzene rings is 3. The van der Waals surface area contributed by atoms with Crippen molar-refractivity contribution in [2.75, 3.05) is 13.6 Å². The van der Waals surface area contributed by atoms with Crippen LogP contribution in [-0.2, 0) is 29.1 Å². The summed E-state index contributed by atoms with van der Waals surface area (Å²) in [4.78, 5) is 44.5. The number of fused-ring (bicyclic) bond motifs is 1. The predicted molar refractivity (Wildman–Crippen MR) is 150 cm³/mol. The number of piperazine rings is 1. The van der Waals surface area contributed by atoms with Crippen LogP contribution in [-0.4, -0.2) is 74.6 Å². The van der Waals surface area contributed by atoms with Crippen molar-refractivity contribution in [3.05, 3.63) is 101 Å². The molecule has 11 heteroatoms. The zero-order chi connectivity index (χ0) is 30.0. The molecule has 0 spiro atoms. The number of hydrazine groups is 1.